The summed E-state index contributed by atoms with van der Waals surface area (Å²) in [6, 6.07) is 6.82. The maximum atomic E-state index is 11.2. The number of benzene rings is 1. The molecule has 1 aromatic carbocycles. The van der Waals surface area contributed by atoms with E-state index < -0.39 is 18.0 Å². The predicted octanol–water partition coefficient (Wildman–Crippen LogP) is 2.51. The van der Waals surface area contributed by atoms with Gasteiger partial charge in [0.25, 0.3) is 0 Å². The minimum absolute atomic E-state index is 0.0313. The standard InChI is InChI=1S/C12H13ClO4/c1-8(14)17-11(7-12(15)16-2)9-4-3-5-10(13)6-9/h3-6,11H,7H2,1-2H3/t11-/m1/s1. The van der Waals surface area contributed by atoms with Crippen molar-refractivity contribution in [2.45, 2.75) is 19.4 Å². The molecule has 0 amide bonds. The van der Waals surface area contributed by atoms with Crippen LogP contribution in [0.4, 0.5) is 0 Å². The summed E-state index contributed by atoms with van der Waals surface area (Å²) in [5.74, 6) is -0.907. The molecule has 0 aliphatic carbocycles. The number of esters is 2. The van der Waals surface area contributed by atoms with Crippen LogP contribution >= 0.6 is 11.6 Å². The minimum Gasteiger partial charge on any atom is -0.469 e. The number of hydrogen-bond acceptors (Lipinski definition) is 4. The smallest absolute Gasteiger partial charge is 0.309 e. The van der Waals surface area contributed by atoms with Gasteiger partial charge in [0.15, 0.2) is 0 Å². The Balaban J connectivity index is 2.89. The molecule has 0 fully saturated rings. The molecule has 0 spiro atoms. The van der Waals surface area contributed by atoms with Crippen molar-refractivity contribution in [3.8, 4) is 0 Å². The van der Waals surface area contributed by atoms with Crippen LogP contribution in [-0.2, 0) is 19.1 Å². The summed E-state index contributed by atoms with van der Waals surface area (Å²) < 4.78 is 9.62. The van der Waals surface area contributed by atoms with Crippen molar-refractivity contribution >= 4 is 23.5 Å². The fraction of sp³-hybridized carbons (Fsp3) is 0.333. The molecule has 1 atom stereocenters. The number of carbonyl (C=O) groups excluding carboxylic acids is 2. The molecule has 92 valence electrons. The van der Waals surface area contributed by atoms with Crippen molar-refractivity contribution < 1.29 is 19.1 Å². The Bertz CT molecular complexity index is 417. The van der Waals surface area contributed by atoms with Gasteiger partial charge in [-0.1, -0.05) is 23.7 Å². The van der Waals surface area contributed by atoms with Crippen LogP contribution in [0.2, 0.25) is 5.02 Å². The van der Waals surface area contributed by atoms with Gasteiger partial charge in [0.2, 0.25) is 0 Å². The largest absolute Gasteiger partial charge is 0.469 e. The maximum Gasteiger partial charge on any atom is 0.309 e. The average Bonchev–Trinajstić information content (AvgIpc) is 2.27. The van der Waals surface area contributed by atoms with Gasteiger partial charge >= 0.3 is 11.9 Å². The molecule has 0 unspecified atom stereocenters. The quantitative estimate of drug-likeness (QED) is 0.777. The second kappa shape index (κ2) is 6.25. The lowest BCUT2D eigenvalue weighted by molar-refractivity contribution is -0.152. The van der Waals surface area contributed by atoms with Crippen molar-refractivity contribution in [3.63, 3.8) is 0 Å². The van der Waals surface area contributed by atoms with E-state index in [9.17, 15) is 9.59 Å². The molecular weight excluding hydrogens is 244 g/mol. The number of ether oxygens (including phenoxy) is 2. The van der Waals surface area contributed by atoms with Crippen LogP contribution in [0.1, 0.15) is 25.0 Å². The zero-order valence-electron chi connectivity index (χ0n) is 9.60. The Labute approximate surface area is 104 Å². The lowest BCUT2D eigenvalue weighted by atomic mass is 10.1. The molecule has 5 heteroatoms. The molecule has 1 aromatic rings. The highest BCUT2D eigenvalue weighted by molar-refractivity contribution is 6.30. The number of carbonyl (C=O) groups is 2. The highest BCUT2D eigenvalue weighted by atomic mass is 35.5. The molecule has 0 saturated heterocycles. The molecule has 0 radical (unpaired) electrons. The molecule has 17 heavy (non-hydrogen) atoms. The molecular formula is C12H13ClO4. The van der Waals surface area contributed by atoms with E-state index in [1.54, 1.807) is 24.3 Å². The first-order chi connectivity index (χ1) is 8.02. The van der Waals surface area contributed by atoms with Crippen LogP contribution < -0.4 is 0 Å². The SMILES string of the molecule is COC(=O)C[C@@H](OC(C)=O)c1cccc(Cl)c1. The zero-order chi connectivity index (χ0) is 12.8. The third kappa shape index (κ3) is 4.44. The Kier molecular flexibility index (Phi) is 4.97. The summed E-state index contributed by atoms with van der Waals surface area (Å²) in [5.41, 5.74) is 0.665. The van der Waals surface area contributed by atoms with E-state index in [0.29, 0.717) is 10.6 Å². The summed E-state index contributed by atoms with van der Waals surface area (Å²) in [6.07, 6.45) is -0.699. The Morgan fingerprint density at radius 1 is 1.41 bits per heavy atom. The monoisotopic (exact) mass is 256 g/mol. The second-order valence-corrected chi connectivity index (χ2v) is 3.87. The third-order valence-corrected chi connectivity index (χ3v) is 2.34. The van der Waals surface area contributed by atoms with Crippen LogP contribution in [0.5, 0.6) is 0 Å². The van der Waals surface area contributed by atoms with E-state index in [1.165, 1.54) is 14.0 Å². The van der Waals surface area contributed by atoms with Gasteiger partial charge in [-0.2, -0.15) is 0 Å². The molecule has 0 aliphatic heterocycles. The average molecular weight is 257 g/mol. The van der Waals surface area contributed by atoms with Crippen molar-refractivity contribution in [3.05, 3.63) is 34.9 Å². The van der Waals surface area contributed by atoms with Gasteiger partial charge in [-0.05, 0) is 17.7 Å². The fourth-order valence-corrected chi connectivity index (χ4v) is 1.57. The summed E-state index contributed by atoms with van der Waals surface area (Å²) >= 11 is 5.84. The summed E-state index contributed by atoms with van der Waals surface area (Å²) in [6.45, 7) is 1.29. The molecule has 4 nitrogen and oxygen atoms in total. The molecule has 0 aliphatic rings. The number of hydrogen-bond donors (Lipinski definition) is 0. The van der Waals surface area contributed by atoms with Crippen molar-refractivity contribution in [2.75, 3.05) is 7.11 Å². The van der Waals surface area contributed by atoms with Crippen LogP contribution in [0.15, 0.2) is 24.3 Å². The minimum atomic E-state index is -0.668. The highest BCUT2D eigenvalue weighted by Gasteiger charge is 2.19. The van der Waals surface area contributed by atoms with Crippen molar-refractivity contribution in [1.29, 1.82) is 0 Å². The molecule has 0 saturated carbocycles. The Hall–Kier alpha value is -1.55. The lowest BCUT2D eigenvalue weighted by Crippen LogP contribution is -2.14. The van der Waals surface area contributed by atoms with Gasteiger partial charge in [-0.3, -0.25) is 9.59 Å². The van der Waals surface area contributed by atoms with Crippen LogP contribution in [0.25, 0.3) is 0 Å². The first-order valence-electron chi connectivity index (χ1n) is 5.02. The summed E-state index contributed by atoms with van der Waals surface area (Å²) in [7, 11) is 1.28. The van der Waals surface area contributed by atoms with Crippen molar-refractivity contribution in [2.24, 2.45) is 0 Å². The Morgan fingerprint density at radius 2 is 2.12 bits per heavy atom. The van der Waals surface area contributed by atoms with Gasteiger partial charge in [0, 0.05) is 11.9 Å². The van der Waals surface area contributed by atoms with Gasteiger partial charge in [-0.15, -0.1) is 0 Å². The van der Waals surface area contributed by atoms with E-state index in [4.69, 9.17) is 16.3 Å². The third-order valence-electron chi connectivity index (χ3n) is 2.11. The van der Waals surface area contributed by atoms with E-state index in [-0.39, 0.29) is 6.42 Å². The number of halogens is 1. The highest BCUT2D eigenvalue weighted by Crippen LogP contribution is 2.24. The van der Waals surface area contributed by atoms with Gasteiger partial charge < -0.3 is 9.47 Å². The molecule has 0 heterocycles. The normalized spacial score (nSPS) is 11.7. The van der Waals surface area contributed by atoms with E-state index >= 15 is 0 Å². The van der Waals surface area contributed by atoms with Gasteiger partial charge in [0.05, 0.1) is 13.5 Å². The second-order valence-electron chi connectivity index (χ2n) is 3.43. The van der Waals surface area contributed by atoms with Crippen LogP contribution in [0.3, 0.4) is 0 Å². The predicted molar refractivity (Wildman–Crippen MR) is 62.6 cm³/mol. The first-order valence-corrected chi connectivity index (χ1v) is 5.40. The van der Waals surface area contributed by atoms with Crippen LogP contribution in [-0.4, -0.2) is 19.0 Å². The first kappa shape index (κ1) is 13.5. The van der Waals surface area contributed by atoms with E-state index in [2.05, 4.69) is 4.74 Å². The Morgan fingerprint density at radius 3 is 2.65 bits per heavy atom. The van der Waals surface area contributed by atoms with Crippen molar-refractivity contribution in [1.82, 2.24) is 0 Å². The molecule has 1 rings (SSSR count). The maximum absolute atomic E-state index is 11.2. The van der Waals surface area contributed by atoms with E-state index in [0.717, 1.165) is 0 Å². The lowest BCUT2D eigenvalue weighted by Gasteiger charge is -2.16. The summed E-state index contributed by atoms with van der Waals surface area (Å²) in [4.78, 5) is 22.2. The van der Waals surface area contributed by atoms with Crippen LogP contribution in [0, 0.1) is 0 Å². The molecule has 0 N–H and O–H groups in total. The van der Waals surface area contributed by atoms with Gasteiger partial charge in [0.1, 0.15) is 6.10 Å². The van der Waals surface area contributed by atoms with E-state index in [1.807, 2.05) is 0 Å². The number of methoxy groups -OCH3 is 1. The topological polar surface area (TPSA) is 52.6 Å². The molecule has 0 aromatic heterocycles. The zero-order valence-corrected chi connectivity index (χ0v) is 10.4. The fourth-order valence-electron chi connectivity index (χ4n) is 1.37. The van der Waals surface area contributed by atoms with Gasteiger partial charge in [-0.25, -0.2) is 0 Å². The number of rotatable bonds is 4. The summed E-state index contributed by atoms with van der Waals surface area (Å²) in [5, 5.41) is 0.518. The molecule has 0 bridgehead atoms.